The van der Waals surface area contributed by atoms with Crippen molar-refractivity contribution < 1.29 is 0 Å². The number of halogens is 1. The highest BCUT2D eigenvalue weighted by Crippen LogP contribution is 2.28. The zero-order chi connectivity index (χ0) is 12.1. The van der Waals surface area contributed by atoms with Gasteiger partial charge in [-0.1, -0.05) is 5.21 Å². The van der Waals surface area contributed by atoms with Crippen molar-refractivity contribution >= 4 is 27.3 Å². The molecule has 1 N–H and O–H groups in total. The van der Waals surface area contributed by atoms with E-state index < -0.39 is 0 Å². The number of hydrogen-bond acceptors (Lipinski definition) is 4. The monoisotopic (exact) mass is 314 g/mol. The Labute approximate surface area is 113 Å². The van der Waals surface area contributed by atoms with Crippen LogP contribution in [0.2, 0.25) is 0 Å². The van der Waals surface area contributed by atoms with Gasteiger partial charge in [-0.25, -0.2) is 0 Å². The minimum atomic E-state index is 0.389. The van der Waals surface area contributed by atoms with E-state index in [2.05, 4.69) is 49.9 Å². The summed E-state index contributed by atoms with van der Waals surface area (Å²) in [6, 6.07) is 2.48. The van der Waals surface area contributed by atoms with E-state index in [4.69, 9.17) is 0 Å². The third kappa shape index (κ3) is 3.62. The van der Waals surface area contributed by atoms with E-state index >= 15 is 0 Å². The average molecular weight is 315 g/mol. The highest BCUT2D eigenvalue weighted by Gasteiger charge is 2.09. The van der Waals surface area contributed by atoms with Gasteiger partial charge >= 0.3 is 0 Å². The molecule has 4 nitrogen and oxygen atoms in total. The van der Waals surface area contributed by atoms with Gasteiger partial charge < -0.3 is 5.32 Å². The quantitative estimate of drug-likeness (QED) is 0.834. The van der Waals surface area contributed by atoms with Crippen molar-refractivity contribution in [2.75, 3.05) is 6.54 Å². The second-order valence-corrected chi connectivity index (χ2v) is 5.63. The third-order valence-electron chi connectivity index (χ3n) is 2.52. The molecule has 2 aromatic rings. The van der Waals surface area contributed by atoms with Crippen LogP contribution in [0.25, 0.3) is 0 Å². The Balaban J connectivity index is 1.70. The second-order valence-electron chi connectivity index (χ2n) is 3.83. The van der Waals surface area contributed by atoms with Gasteiger partial charge in [0.2, 0.25) is 0 Å². The lowest BCUT2D eigenvalue weighted by atomic mass is 10.2. The van der Waals surface area contributed by atoms with Crippen LogP contribution in [-0.4, -0.2) is 21.5 Å². The number of hydrogen-bond donors (Lipinski definition) is 1. The molecule has 6 heteroatoms. The molecule has 0 aliphatic rings. The number of aryl methyl sites for hydroxylation is 1. The Hall–Kier alpha value is -0.720. The predicted molar refractivity (Wildman–Crippen MR) is 73.1 cm³/mol. The molecule has 0 aromatic carbocycles. The Kier molecular flexibility index (Phi) is 4.70. The van der Waals surface area contributed by atoms with E-state index in [0.717, 1.165) is 19.5 Å². The number of aromatic nitrogens is 3. The summed E-state index contributed by atoms with van der Waals surface area (Å²) < 4.78 is 3.05. The van der Waals surface area contributed by atoms with Crippen LogP contribution in [0.3, 0.4) is 0 Å². The van der Waals surface area contributed by atoms with Crippen molar-refractivity contribution in [3.8, 4) is 0 Å². The lowest BCUT2D eigenvalue weighted by Crippen LogP contribution is -2.20. The summed E-state index contributed by atoms with van der Waals surface area (Å²) >= 11 is 5.33. The summed E-state index contributed by atoms with van der Waals surface area (Å²) in [6.45, 7) is 4.07. The van der Waals surface area contributed by atoms with Gasteiger partial charge in [-0.2, -0.15) is 0 Å². The molecule has 0 saturated heterocycles. The topological polar surface area (TPSA) is 42.7 Å². The molecule has 0 spiro atoms. The van der Waals surface area contributed by atoms with E-state index in [9.17, 15) is 0 Å². The molecule has 0 radical (unpaired) electrons. The van der Waals surface area contributed by atoms with Crippen LogP contribution in [-0.2, 0) is 6.54 Å². The standard InChI is InChI=1S/C11H15BrN4S/c1-9(11-10(12)3-8-17-11)13-4-2-6-16-7-5-14-15-16/h3,5,7-9,13H,2,4,6H2,1H3. The Morgan fingerprint density at radius 3 is 3.12 bits per heavy atom. The van der Waals surface area contributed by atoms with Gasteiger partial charge in [0.1, 0.15) is 0 Å². The van der Waals surface area contributed by atoms with Gasteiger partial charge in [0.15, 0.2) is 0 Å². The fourth-order valence-corrected chi connectivity index (χ4v) is 3.37. The van der Waals surface area contributed by atoms with Gasteiger partial charge in [0.25, 0.3) is 0 Å². The summed E-state index contributed by atoms with van der Waals surface area (Å²) in [5.41, 5.74) is 0. The van der Waals surface area contributed by atoms with E-state index in [0.29, 0.717) is 6.04 Å². The molecule has 92 valence electrons. The summed E-state index contributed by atoms with van der Waals surface area (Å²) in [6.07, 6.45) is 4.65. The largest absolute Gasteiger partial charge is 0.309 e. The first-order valence-corrected chi connectivity index (χ1v) is 7.25. The molecular weight excluding hydrogens is 300 g/mol. The van der Waals surface area contributed by atoms with Gasteiger partial charge in [0.05, 0.1) is 6.20 Å². The average Bonchev–Trinajstić information content (AvgIpc) is 2.95. The molecular formula is C11H15BrN4S. The fourth-order valence-electron chi connectivity index (χ4n) is 1.62. The number of thiophene rings is 1. The molecule has 1 unspecified atom stereocenters. The molecule has 1 atom stereocenters. The van der Waals surface area contributed by atoms with Crippen LogP contribution >= 0.6 is 27.3 Å². The molecule has 2 aromatic heterocycles. The molecule has 17 heavy (non-hydrogen) atoms. The fraction of sp³-hybridized carbons (Fsp3) is 0.455. The normalized spacial score (nSPS) is 12.8. The highest BCUT2D eigenvalue weighted by atomic mass is 79.9. The van der Waals surface area contributed by atoms with Crippen molar-refractivity contribution in [2.24, 2.45) is 0 Å². The molecule has 0 fully saturated rings. The first-order chi connectivity index (χ1) is 8.27. The molecule has 0 aliphatic heterocycles. The zero-order valence-electron chi connectivity index (χ0n) is 9.64. The second kappa shape index (κ2) is 6.28. The maximum atomic E-state index is 3.93. The SMILES string of the molecule is CC(NCCCn1ccnn1)c1sccc1Br. The van der Waals surface area contributed by atoms with Crippen molar-refractivity contribution in [1.82, 2.24) is 20.3 Å². The molecule has 0 bridgehead atoms. The first-order valence-electron chi connectivity index (χ1n) is 5.58. The van der Waals surface area contributed by atoms with Crippen LogP contribution in [0.1, 0.15) is 24.3 Å². The van der Waals surface area contributed by atoms with Crippen LogP contribution < -0.4 is 5.32 Å². The molecule has 0 aliphatic carbocycles. The Morgan fingerprint density at radius 1 is 1.59 bits per heavy atom. The summed E-state index contributed by atoms with van der Waals surface area (Å²) in [5.74, 6) is 0. The molecule has 2 heterocycles. The minimum absolute atomic E-state index is 0.389. The van der Waals surface area contributed by atoms with Gasteiger partial charge in [-0.15, -0.1) is 16.4 Å². The highest BCUT2D eigenvalue weighted by molar-refractivity contribution is 9.10. The van der Waals surface area contributed by atoms with Crippen molar-refractivity contribution in [1.29, 1.82) is 0 Å². The van der Waals surface area contributed by atoms with Gasteiger partial charge in [0, 0.05) is 28.1 Å². The first kappa shape index (κ1) is 12.7. The Bertz CT molecular complexity index is 440. The number of rotatable bonds is 6. The Morgan fingerprint density at radius 2 is 2.47 bits per heavy atom. The van der Waals surface area contributed by atoms with E-state index in [1.54, 1.807) is 17.5 Å². The van der Waals surface area contributed by atoms with Gasteiger partial charge in [-0.05, 0) is 47.3 Å². The maximum Gasteiger partial charge on any atom is 0.0692 e. The zero-order valence-corrected chi connectivity index (χ0v) is 12.0. The predicted octanol–water partition coefficient (Wildman–Crippen LogP) is 2.84. The third-order valence-corrected chi connectivity index (χ3v) is 4.58. The molecule has 0 amide bonds. The van der Waals surface area contributed by atoms with Crippen LogP contribution in [0.5, 0.6) is 0 Å². The molecule has 2 rings (SSSR count). The number of nitrogens with one attached hydrogen (secondary N) is 1. The van der Waals surface area contributed by atoms with E-state index in [1.165, 1.54) is 9.35 Å². The van der Waals surface area contributed by atoms with Crippen LogP contribution in [0.4, 0.5) is 0 Å². The van der Waals surface area contributed by atoms with Crippen molar-refractivity contribution in [3.63, 3.8) is 0 Å². The smallest absolute Gasteiger partial charge is 0.0692 e. The molecule has 0 saturated carbocycles. The van der Waals surface area contributed by atoms with Crippen LogP contribution in [0, 0.1) is 0 Å². The van der Waals surface area contributed by atoms with Crippen molar-refractivity contribution in [2.45, 2.75) is 25.9 Å². The summed E-state index contributed by atoms with van der Waals surface area (Å²) in [4.78, 5) is 1.35. The van der Waals surface area contributed by atoms with Gasteiger partial charge in [-0.3, -0.25) is 4.68 Å². The lowest BCUT2D eigenvalue weighted by molar-refractivity contribution is 0.502. The van der Waals surface area contributed by atoms with Crippen LogP contribution in [0.15, 0.2) is 28.3 Å². The minimum Gasteiger partial charge on any atom is -0.309 e. The number of nitrogens with zero attached hydrogens (tertiary/aromatic N) is 3. The van der Waals surface area contributed by atoms with Crippen molar-refractivity contribution in [3.05, 3.63) is 33.2 Å². The lowest BCUT2D eigenvalue weighted by Gasteiger charge is -2.12. The van der Waals surface area contributed by atoms with E-state index in [1.807, 2.05) is 10.9 Å². The van der Waals surface area contributed by atoms with E-state index in [-0.39, 0.29) is 0 Å². The maximum absolute atomic E-state index is 3.93. The summed E-state index contributed by atoms with van der Waals surface area (Å²) in [5, 5.41) is 13.3. The summed E-state index contributed by atoms with van der Waals surface area (Å²) in [7, 11) is 0.